The fraction of sp³-hybridized carbons (Fsp3) is 0.375. The molecule has 6 heterocycles. The molecule has 0 aliphatic carbocycles. The molecule has 6 aliphatic rings. The van der Waals surface area contributed by atoms with Crippen molar-refractivity contribution in [3.05, 3.63) is 365 Å². The number of hydrogen-bond donors (Lipinski definition) is 1. The number of ether oxygens (including phenoxy) is 1. The largest absolute Gasteiger partial charge is 1.00 e. The van der Waals surface area contributed by atoms with Crippen molar-refractivity contribution in [2.75, 3.05) is 124 Å². The van der Waals surface area contributed by atoms with Gasteiger partial charge in [0.2, 0.25) is 21.0 Å². The second kappa shape index (κ2) is 55.7. The maximum atomic E-state index is 13.8. The van der Waals surface area contributed by atoms with Crippen LogP contribution in [0, 0.1) is 46.3 Å². The van der Waals surface area contributed by atoms with Crippen molar-refractivity contribution in [3.8, 4) is 12.1 Å². The van der Waals surface area contributed by atoms with E-state index in [1.165, 1.54) is 13.0 Å². The summed E-state index contributed by atoms with van der Waals surface area (Å²) in [5, 5.41) is 30.2. The van der Waals surface area contributed by atoms with Gasteiger partial charge in [-0.05, 0) is 159 Å². The third-order valence-corrected chi connectivity index (χ3v) is 26.1. The van der Waals surface area contributed by atoms with Crippen molar-refractivity contribution >= 4 is 71.6 Å². The molecule has 662 valence electrons. The van der Waals surface area contributed by atoms with Gasteiger partial charge in [-0.15, -0.1) is 23.2 Å². The number of amides is 2. The molecule has 5 atom stereocenters. The molecule has 0 spiro atoms. The Morgan fingerprint density at radius 3 is 1.06 bits per heavy atom. The first-order valence-electron chi connectivity index (χ1n) is 43.6. The van der Waals surface area contributed by atoms with Crippen LogP contribution >= 0.6 is 44.6 Å². The number of benzene rings is 10. The maximum absolute atomic E-state index is 13.8. The third-order valence-electron chi connectivity index (χ3n) is 25.5. The summed E-state index contributed by atoms with van der Waals surface area (Å²) in [6.07, 6.45) is 4.99. The smallest absolute Gasteiger partial charge is 0.870 e. The summed E-state index contributed by atoms with van der Waals surface area (Å²) in [5.41, 5.74) is 7.73. The predicted molar refractivity (Wildman–Crippen MR) is 511 cm³/mol. The molecule has 0 radical (unpaired) electrons. The summed E-state index contributed by atoms with van der Waals surface area (Å²) in [6.45, 7) is 27.7. The zero-order valence-corrected chi connectivity index (χ0v) is 82.7. The van der Waals surface area contributed by atoms with Crippen LogP contribution in [-0.2, 0) is 50.0 Å². The van der Waals surface area contributed by atoms with Crippen LogP contribution in [0.1, 0.15) is 128 Å². The average molecular weight is 1830 g/mol. The molecule has 16 nitrogen and oxygen atoms in total. The predicted octanol–water partition coefficient (Wildman–Crippen LogP) is 14.7. The quantitative estimate of drug-likeness (QED) is 0.0357. The van der Waals surface area contributed by atoms with Crippen molar-refractivity contribution in [2.24, 2.45) is 23.7 Å². The average Bonchev–Trinajstić information content (AvgIpc) is 1.58. The number of rotatable bonds is 23. The van der Waals surface area contributed by atoms with E-state index in [0.717, 1.165) is 193 Å². The topological polar surface area (TPSA) is 228 Å². The van der Waals surface area contributed by atoms with Crippen LogP contribution in [0.3, 0.4) is 0 Å². The Labute approximate surface area is 821 Å². The van der Waals surface area contributed by atoms with E-state index < -0.39 is 36.9 Å². The summed E-state index contributed by atoms with van der Waals surface area (Å²) in [4.78, 5) is 53.5. The fourth-order valence-corrected chi connectivity index (χ4v) is 19.8. The minimum Gasteiger partial charge on any atom is -0.870 e. The van der Waals surface area contributed by atoms with Crippen molar-refractivity contribution in [2.45, 2.75) is 99.7 Å². The Kier molecular flexibility index (Phi) is 47.5. The summed E-state index contributed by atoms with van der Waals surface area (Å²) >= 11 is 11.9. The molecule has 6 fully saturated rings. The molecular weight excluding hydrogens is 1710 g/mol. The van der Waals surface area contributed by atoms with Gasteiger partial charge in [-0.25, -0.2) is 4.21 Å². The van der Waals surface area contributed by atoms with Crippen LogP contribution in [0.2, 0.25) is 0 Å². The van der Waals surface area contributed by atoms with Gasteiger partial charge in [0.25, 0.3) is 0 Å². The van der Waals surface area contributed by atoms with Gasteiger partial charge in [-0.2, -0.15) is 10.5 Å². The van der Waals surface area contributed by atoms with Crippen LogP contribution in [0.15, 0.2) is 303 Å². The number of nitrogens with zero attached hydrogens (tertiary/aromatic N) is 8. The van der Waals surface area contributed by atoms with E-state index in [-0.39, 0.29) is 106 Å². The molecule has 2 amide bonds. The Balaban J connectivity index is 0.000000237. The monoisotopic (exact) mass is 1830 g/mol. The van der Waals surface area contributed by atoms with Crippen molar-refractivity contribution < 1.29 is 93.0 Å². The van der Waals surface area contributed by atoms with Crippen molar-refractivity contribution in [3.63, 3.8) is 0 Å². The third kappa shape index (κ3) is 27.0. The second-order valence-electron chi connectivity index (χ2n) is 32.0. The Bertz CT molecular complexity index is 4700. The van der Waals surface area contributed by atoms with Gasteiger partial charge in [-0.3, -0.25) is 19.3 Å². The molecule has 10 aromatic carbocycles. The van der Waals surface area contributed by atoms with Crippen LogP contribution in [0.5, 0.6) is 0 Å². The Hall–Kier alpha value is -7.38. The second-order valence-corrected chi connectivity index (χ2v) is 35.5. The number of halogens is 4. The molecule has 10 aromatic rings. The number of alkyl halides is 2. The number of nitriles is 2. The minimum absolute atomic E-state index is 0. The number of likely N-dealkylation sites (tertiary alicyclic amines) is 5. The number of aliphatic carboxylic acids is 1. The molecule has 0 bridgehead atoms. The van der Waals surface area contributed by atoms with E-state index in [4.69, 9.17) is 32.1 Å². The Morgan fingerprint density at radius 1 is 0.457 bits per heavy atom. The van der Waals surface area contributed by atoms with Gasteiger partial charge in [0, 0.05) is 103 Å². The van der Waals surface area contributed by atoms with Crippen LogP contribution in [-0.4, -0.2) is 191 Å². The number of carbonyl (C=O) groups is 3. The SMILES string of the molecule is CCN1CC(CCCl)C(c2ccccc2)(c2ccccc2)C1=O.CCN1CC(CCN2CCOCC2)C(c2ccccc2)(c2ccccc2)C1=O.CCN1CCC(C(C#N)(c2ccccc2)c2ccccc2)C1.CCN1CCC(C(C(=O)O)(c2ccccc2)c2ccccc2)C1.CCN1CCC(Cl)C1.N#CC(c1ccccc1)c1ccccc1.O=S(Cl)Cl.[NH2-].[Na+].[Na+].[OH-]. The summed E-state index contributed by atoms with van der Waals surface area (Å²) in [7, 11) is 7.36. The van der Waals surface area contributed by atoms with Gasteiger partial charge in [-0.1, -0.05) is 324 Å². The van der Waals surface area contributed by atoms with Gasteiger partial charge in [0.15, 0.2) is 0 Å². The minimum atomic E-state index is -1.67. The molecule has 5 unspecified atom stereocenters. The van der Waals surface area contributed by atoms with E-state index in [1.807, 2.05) is 223 Å². The molecule has 0 saturated carbocycles. The summed E-state index contributed by atoms with van der Waals surface area (Å²) in [5.74, 6) is 0.964. The number of likely N-dealkylation sites (N-methyl/N-ethyl adjacent to an activating group) is 2. The maximum Gasteiger partial charge on any atom is 1.00 e. The van der Waals surface area contributed by atoms with Crippen molar-refractivity contribution in [1.82, 2.24) is 29.4 Å². The molecular formula is C104H123Cl4N9Na2O7S. The number of nitrogens with two attached hydrogens (primary N) is 1. The van der Waals surface area contributed by atoms with Crippen LogP contribution in [0.25, 0.3) is 6.15 Å². The number of carbonyl (C=O) groups excluding carboxylic acids is 2. The van der Waals surface area contributed by atoms with Crippen LogP contribution < -0.4 is 59.1 Å². The standard InChI is InChI=1S/C24H30N2O2.C20H22ClNO.C20H22N2.C20H23NO2.C14H11N.C6H12ClN.Cl2OS.H2N.2Na.H2O/c1-2-26-19-22(13-14-25-15-17-28-18-16-25)24(23(26)27,20-9-5-3-6-10-20)21-11-7-4-8-12-21;1-2-22-15-18(13-14-21)20(19(22)23,16-9-5-3-6-10-16)17-11-7-4-8-12-17;1-2-22-14-13-19(15-22)20(16-21,17-9-5-3-6-10-17)18-11-7-4-8-12-18;1-2-21-14-13-18(15-21)20(19(22)23,16-9-5-3-6-10-16)17-11-7-4-8-12-17;15-11-14(12-7-3-1-4-8-12)13-9-5-2-6-10-13;1-2-8-4-3-6(7)5-8;1-4(2)3;;;;/h3-12,22H,2,13-19H2,1H3;3-12,18H,2,13-15H2,1H3;3-12,19H,2,13-15H2,1H3;3-12,18H,2,13-15H2,1H3,(H,22,23);1-10,14H;6H,2-5H2,1H3;;1H2;;;1H2/q;;;;;;;-1;2*+1;/p-1. The number of carboxylic acid groups (broad SMARTS) is 1. The zero-order chi connectivity index (χ0) is 87.5. The number of morpholine rings is 1. The normalized spacial score (nSPS) is 18.7. The van der Waals surface area contributed by atoms with Gasteiger partial charge in [0.05, 0.1) is 31.3 Å². The van der Waals surface area contributed by atoms with E-state index >= 15 is 0 Å². The molecule has 6 aliphatic heterocycles. The van der Waals surface area contributed by atoms with E-state index in [1.54, 1.807) is 0 Å². The summed E-state index contributed by atoms with van der Waals surface area (Å²) < 4.78 is 14.6. The van der Waals surface area contributed by atoms with Gasteiger partial charge < -0.3 is 46.0 Å². The first-order chi connectivity index (χ1) is 60.0. The molecule has 23 heteroatoms. The first kappa shape index (κ1) is 108. The molecule has 16 rings (SSSR count). The van der Waals surface area contributed by atoms with Gasteiger partial charge in [0.1, 0.15) is 21.7 Å². The summed E-state index contributed by atoms with van der Waals surface area (Å²) in [6, 6.07) is 106. The van der Waals surface area contributed by atoms with Crippen molar-refractivity contribution in [1.29, 1.82) is 10.5 Å². The molecule has 0 aromatic heterocycles. The Morgan fingerprint density at radius 2 is 0.764 bits per heavy atom. The zero-order valence-electron chi connectivity index (χ0n) is 74.8. The van der Waals surface area contributed by atoms with E-state index in [0.29, 0.717) is 17.2 Å². The molecule has 4 N–H and O–H groups in total. The first-order valence-corrected chi connectivity index (χ1v) is 47.3. The number of hydrogen-bond acceptors (Lipinski definition) is 12. The number of carboxylic acids is 1. The molecule has 127 heavy (non-hydrogen) atoms. The van der Waals surface area contributed by atoms with Gasteiger partial charge >= 0.3 is 65.1 Å². The molecule has 6 saturated heterocycles. The fourth-order valence-electron chi connectivity index (χ4n) is 19.2. The van der Waals surface area contributed by atoms with E-state index in [9.17, 15) is 30.0 Å². The van der Waals surface area contributed by atoms with E-state index in [2.05, 4.69) is 178 Å². The van der Waals surface area contributed by atoms with Crippen LogP contribution in [0.4, 0.5) is 0 Å².